The average molecular weight is 464 g/mol. The number of alkyl halides is 4. The Morgan fingerprint density at radius 1 is 1.16 bits per heavy atom. The molecule has 168 valence electrons. The summed E-state index contributed by atoms with van der Waals surface area (Å²) in [6, 6.07) is 5.83. The third-order valence-corrected chi connectivity index (χ3v) is 6.75. The first-order chi connectivity index (χ1) is 15.3. The van der Waals surface area contributed by atoms with Crippen LogP contribution in [0, 0.1) is 11.8 Å². The highest BCUT2D eigenvalue weighted by atomic mass is 35.5. The summed E-state index contributed by atoms with van der Waals surface area (Å²) >= 11 is 5.77. The molecule has 2 aliphatic rings. The van der Waals surface area contributed by atoms with Gasteiger partial charge in [-0.15, -0.1) is 16.7 Å². The van der Waals surface area contributed by atoms with Crippen molar-refractivity contribution in [3.63, 3.8) is 0 Å². The van der Waals surface area contributed by atoms with Gasteiger partial charge in [0.25, 0.3) is 11.7 Å². The molecule has 5 rings (SSSR count). The van der Waals surface area contributed by atoms with E-state index in [1.54, 1.807) is 29.4 Å². The van der Waals surface area contributed by atoms with E-state index in [0.717, 1.165) is 11.6 Å². The van der Waals surface area contributed by atoms with E-state index in [4.69, 9.17) is 11.6 Å². The van der Waals surface area contributed by atoms with Crippen molar-refractivity contribution in [2.75, 3.05) is 19.0 Å². The van der Waals surface area contributed by atoms with Crippen LogP contribution in [0.15, 0.2) is 36.7 Å². The highest BCUT2D eigenvalue weighted by Gasteiger charge is 2.45. The second-order valence-electron chi connectivity index (χ2n) is 8.56. The molecule has 3 heterocycles. The summed E-state index contributed by atoms with van der Waals surface area (Å²) in [6.45, 7) is 1.02. The number of fused-ring (bicyclic) bond motifs is 2. The van der Waals surface area contributed by atoms with Crippen LogP contribution in [0.25, 0.3) is 5.78 Å². The Morgan fingerprint density at radius 3 is 2.56 bits per heavy atom. The number of nitrogens with zero attached hydrogens (tertiary/aromatic N) is 5. The first kappa shape index (κ1) is 21.2. The fourth-order valence-electron chi connectivity index (χ4n) is 5.12. The number of aryl methyl sites for hydroxylation is 1. The lowest BCUT2D eigenvalue weighted by Gasteiger charge is -2.21. The van der Waals surface area contributed by atoms with Gasteiger partial charge >= 0.3 is 6.18 Å². The maximum Gasteiger partial charge on any atom is 0.416 e. The molecule has 0 spiro atoms. The standard InChI is InChI=1S/C22H21ClF3N5O/c23-6-5-13-9-27-21-28-19(29-31(21)10-13)20(32)30-11-15-7-14(8-16(15)12-30)17-3-1-2-4-18(17)22(24,25)26/h1-4,9-10,14-16H,5-8,11-12H2/t14?,15-,16+. The summed E-state index contributed by atoms with van der Waals surface area (Å²) in [4.78, 5) is 23.2. The fourth-order valence-corrected chi connectivity index (χ4v) is 5.34. The van der Waals surface area contributed by atoms with E-state index in [-0.39, 0.29) is 29.5 Å². The van der Waals surface area contributed by atoms with Crippen LogP contribution in [-0.2, 0) is 12.6 Å². The SMILES string of the molecule is O=C(c1nc2ncc(CCCl)cn2n1)N1C[C@H]2CC(c3ccccc3C(F)(F)F)C[C@H]2C1. The predicted octanol–water partition coefficient (Wildman–Crippen LogP) is 4.19. The number of hydrogen-bond acceptors (Lipinski definition) is 4. The maximum atomic E-state index is 13.4. The lowest BCUT2D eigenvalue weighted by molar-refractivity contribution is -0.138. The van der Waals surface area contributed by atoms with Gasteiger partial charge < -0.3 is 4.90 Å². The van der Waals surface area contributed by atoms with Gasteiger partial charge in [-0.25, -0.2) is 9.50 Å². The summed E-state index contributed by atoms with van der Waals surface area (Å²) in [7, 11) is 0. The van der Waals surface area contributed by atoms with Gasteiger partial charge in [-0.3, -0.25) is 4.79 Å². The van der Waals surface area contributed by atoms with Crippen LogP contribution in [-0.4, -0.2) is 49.4 Å². The molecule has 3 atom stereocenters. The normalized spacial score (nSPS) is 23.1. The molecule has 32 heavy (non-hydrogen) atoms. The number of halogens is 4. The van der Waals surface area contributed by atoms with Gasteiger partial charge in [0, 0.05) is 31.4 Å². The van der Waals surface area contributed by atoms with Crippen molar-refractivity contribution < 1.29 is 18.0 Å². The topological polar surface area (TPSA) is 63.4 Å². The molecule has 1 unspecified atom stereocenters. The molecular weight excluding hydrogens is 443 g/mol. The summed E-state index contributed by atoms with van der Waals surface area (Å²) in [5, 5.41) is 4.28. The Morgan fingerprint density at radius 2 is 1.88 bits per heavy atom. The Hall–Kier alpha value is -2.68. The molecule has 1 aliphatic carbocycles. The summed E-state index contributed by atoms with van der Waals surface area (Å²) in [5.74, 6) is 0.827. The lowest BCUT2D eigenvalue weighted by atomic mass is 9.91. The van der Waals surface area contributed by atoms with Crippen LogP contribution in [0.4, 0.5) is 13.2 Å². The third-order valence-electron chi connectivity index (χ3n) is 6.57. The zero-order valence-corrected chi connectivity index (χ0v) is 17.9. The Bertz CT molecular complexity index is 1150. The quantitative estimate of drug-likeness (QED) is 0.544. The van der Waals surface area contributed by atoms with Gasteiger partial charge in [0.2, 0.25) is 5.82 Å². The van der Waals surface area contributed by atoms with Crippen molar-refractivity contribution in [1.29, 1.82) is 0 Å². The molecule has 3 aromatic rings. The Labute approximate surface area is 187 Å². The number of hydrogen-bond donors (Lipinski definition) is 0. The molecule has 1 saturated carbocycles. The molecule has 2 aromatic heterocycles. The van der Waals surface area contributed by atoms with Crippen molar-refractivity contribution in [3.8, 4) is 0 Å². The number of carbonyl (C=O) groups is 1. The van der Waals surface area contributed by atoms with Crippen LogP contribution in [0.1, 0.15) is 46.1 Å². The van der Waals surface area contributed by atoms with Crippen molar-refractivity contribution >= 4 is 23.3 Å². The molecule has 2 fully saturated rings. The zero-order valence-electron chi connectivity index (χ0n) is 17.1. The van der Waals surface area contributed by atoms with Crippen molar-refractivity contribution in [3.05, 3.63) is 59.2 Å². The minimum atomic E-state index is -4.36. The van der Waals surface area contributed by atoms with Gasteiger partial charge in [-0.2, -0.15) is 18.2 Å². The second kappa shape index (κ2) is 8.03. The van der Waals surface area contributed by atoms with Crippen molar-refractivity contribution in [2.45, 2.75) is 31.4 Å². The molecule has 0 N–H and O–H groups in total. The largest absolute Gasteiger partial charge is 0.416 e. The summed E-state index contributed by atoms with van der Waals surface area (Å²) in [5.41, 5.74) is 0.721. The average Bonchev–Trinajstić information content (AvgIpc) is 3.45. The minimum absolute atomic E-state index is 0.0828. The highest BCUT2D eigenvalue weighted by Crippen LogP contribution is 2.48. The van der Waals surface area contributed by atoms with E-state index in [0.29, 0.717) is 49.6 Å². The van der Waals surface area contributed by atoms with Gasteiger partial charge in [-0.05, 0) is 54.2 Å². The van der Waals surface area contributed by atoms with Crippen LogP contribution in [0.5, 0.6) is 0 Å². The maximum absolute atomic E-state index is 13.4. The Kier molecular flexibility index (Phi) is 5.31. The Balaban J connectivity index is 1.29. The molecule has 1 aromatic carbocycles. The van der Waals surface area contributed by atoms with Crippen LogP contribution >= 0.6 is 11.6 Å². The van der Waals surface area contributed by atoms with Gasteiger partial charge in [0.15, 0.2) is 0 Å². The van der Waals surface area contributed by atoms with Gasteiger partial charge in [-0.1, -0.05) is 18.2 Å². The molecule has 1 aliphatic heterocycles. The first-order valence-electron chi connectivity index (χ1n) is 10.6. The third kappa shape index (κ3) is 3.83. The van der Waals surface area contributed by atoms with E-state index < -0.39 is 11.7 Å². The predicted molar refractivity (Wildman–Crippen MR) is 112 cm³/mol. The highest BCUT2D eigenvalue weighted by molar-refractivity contribution is 6.17. The van der Waals surface area contributed by atoms with Crippen LogP contribution < -0.4 is 0 Å². The van der Waals surface area contributed by atoms with E-state index in [2.05, 4.69) is 15.1 Å². The summed E-state index contributed by atoms with van der Waals surface area (Å²) < 4.78 is 41.8. The van der Waals surface area contributed by atoms with Gasteiger partial charge in [0.05, 0.1) is 5.56 Å². The van der Waals surface area contributed by atoms with E-state index >= 15 is 0 Å². The molecular formula is C22H21ClF3N5O. The number of carbonyl (C=O) groups excluding carboxylic acids is 1. The molecule has 0 bridgehead atoms. The van der Waals surface area contributed by atoms with E-state index in [1.165, 1.54) is 10.6 Å². The van der Waals surface area contributed by atoms with E-state index in [9.17, 15) is 18.0 Å². The van der Waals surface area contributed by atoms with Crippen molar-refractivity contribution in [1.82, 2.24) is 24.5 Å². The number of benzene rings is 1. The number of likely N-dealkylation sites (tertiary alicyclic amines) is 1. The van der Waals surface area contributed by atoms with E-state index in [1.807, 2.05) is 0 Å². The minimum Gasteiger partial charge on any atom is -0.335 e. The fraction of sp³-hybridized carbons (Fsp3) is 0.455. The summed E-state index contributed by atoms with van der Waals surface area (Å²) in [6.07, 6.45) is 0.993. The molecule has 1 amide bonds. The van der Waals surface area contributed by atoms with Gasteiger partial charge in [0.1, 0.15) is 0 Å². The number of rotatable bonds is 4. The van der Waals surface area contributed by atoms with Crippen LogP contribution in [0.2, 0.25) is 0 Å². The molecule has 10 heteroatoms. The second-order valence-corrected chi connectivity index (χ2v) is 8.94. The molecule has 1 saturated heterocycles. The molecule has 6 nitrogen and oxygen atoms in total. The number of amides is 1. The smallest absolute Gasteiger partial charge is 0.335 e. The zero-order chi connectivity index (χ0) is 22.5. The first-order valence-corrected chi connectivity index (χ1v) is 11.1. The number of aromatic nitrogens is 4. The van der Waals surface area contributed by atoms with Crippen LogP contribution in [0.3, 0.4) is 0 Å². The lowest BCUT2D eigenvalue weighted by Crippen LogP contribution is -2.30. The van der Waals surface area contributed by atoms with Crippen molar-refractivity contribution in [2.24, 2.45) is 11.8 Å². The monoisotopic (exact) mass is 463 g/mol. The molecule has 0 radical (unpaired) electrons.